The molecule has 0 aliphatic rings. The van der Waals surface area contributed by atoms with E-state index in [2.05, 4.69) is 43.4 Å². The van der Waals surface area contributed by atoms with Gasteiger partial charge in [0.2, 0.25) is 0 Å². The molecule has 0 amide bonds. The van der Waals surface area contributed by atoms with E-state index >= 15 is 0 Å². The van der Waals surface area contributed by atoms with Crippen molar-refractivity contribution in [1.29, 1.82) is 0 Å². The number of hydrogen-bond acceptors (Lipinski definition) is 1. The summed E-state index contributed by atoms with van der Waals surface area (Å²) in [6.45, 7) is 4.33. The zero-order valence-electron chi connectivity index (χ0n) is 8.09. The van der Waals surface area contributed by atoms with Crippen LogP contribution in [-0.2, 0) is 0 Å². The first kappa shape index (κ1) is 9.27. The number of benzene rings is 1. The molecule has 0 fully saturated rings. The summed E-state index contributed by atoms with van der Waals surface area (Å²) >= 11 is 0. The molecule has 1 aromatic rings. The molecule has 1 N–H and O–H groups in total. The van der Waals surface area contributed by atoms with Gasteiger partial charge in [0.15, 0.2) is 0 Å². The molecule has 1 atom stereocenters. The van der Waals surface area contributed by atoms with Crippen molar-refractivity contribution >= 4 is 0 Å². The standard InChI is InChI=1S/C11H17N/c1-4-11(12-3)10-7-5-6-9(2)8-10/h5-8,11-12H,4H2,1-3H3/t11-/m0/s1. The van der Waals surface area contributed by atoms with Crippen LogP contribution in [0.2, 0.25) is 0 Å². The SMILES string of the molecule is CC[C@H](NC)c1cccc(C)c1. The molecular weight excluding hydrogens is 146 g/mol. The molecular formula is C11H17N. The average Bonchev–Trinajstić information content (AvgIpc) is 2.07. The fourth-order valence-corrected chi connectivity index (χ4v) is 1.49. The Morgan fingerprint density at radius 3 is 2.67 bits per heavy atom. The van der Waals surface area contributed by atoms with Crippen molar-refractivity contribution in [2.75, 3.05) is 7.05 Å². The van der Waals surface area contributed by atoms with Gasteiger partial charge in [-0.25, -0.2) is 0 Å². The highest BCUT2D eigenvalue weighted by Crippen LogP contribution is 2.16. The van der Waals surface area contributed by atoms with E-state index in [0.717, 1.165) is 6.42 Å². The van der Waals surface area contributed by atoms with Crippen LogP contribution in [0.3, 0.4) is 0 Å². The van der Waals surface area contributed by atoms with Gasteiger partial charge in [0, 0.05) is 6.04 Å². The van der Waals surface area contributed by atoms with Crippen molar-refractivity contribution in [3.05, 3.63) is 35.4 Å². The smallest absolute Gasteiger partial charge is 0.0314 e. The Morgan fingerprint density at radius 1 is 1.42 bits per heavy atom. The summed E-state index contributed by atoms with van der Waals surface area (Å²) in [5.74, 6) is 0. The summed E-state index contributed by atoms with van der Waals surface area (Å²) < 4.78 is 0. The highest BCUT2D eigenvalue weighted by molar-refractivity contribution is 5.24. The molecule has 1 rings (SSSR count). The van der Waals surface area contributed by atoms with E-state index in [9.17, 15) is 0 Å². The lowest BCUT2D eigenvalue weighted by molar-refractivity contribution is 0.576. The summed E-state index contributed by atoms with van der Waals surface area (Å²) in [6.07, 6.45) is 1.14. The zero-order valence-corrected chi connectivity index (χ0v) is 8.09. The highest BCUT2D eigenvalue weighted by Gasteiger charge is 2.04. The Bertz CT molecular complexity index is 239. The molecule has 0 unspecified atom stereocenters. The van der Waals surface area contributed by atoms with Crippen LogP contribution in [0.4, 0.5) is 0 Å². The lowest BCUT2D eigenvalue weighted by Gasteiger charge is -2.14. The molecule has 1 nitrogen and oxygen atoms in total. The Hall–Kier alpha value is -0.820. The van der Waals surface area contributed by atoms with Crippen LogP contribution in [0, 0.1) is 6.92 Å². The predicted molar refractivity (Wildman–Crippen MR) is 53.3 cm³/mol. The molecule has 0 aliphatic heterocycles. The van der Waals surface area contributed by atoms with Gasteiger partial charge < -0.3 is 5.32 Å². The largest absolute Gasteiger partial charge is 0.313 e. The number of hydrogen-bond donors (Lipinski definition) is 1. The number of aryl methyl sites for hydroxylation is 1. The predicted octanol–water partition coefficient (Wildman–Crippen LogP) is 2.67. The molecule has 1 heteroatoms. The van der Waals surface area contributed by atoms with Crippen LogP contribution in [0.15, 0.2) is 24.3 Å². The molecule has 0 heterocycles. The minimum absolute atomic E-state index is 0.505. The second-order valence-electron chi connectivity index (χ2n) is 3.16. The third-order valence-electron chi connectivity index (χ3n) is 2.20. The van der Waals surface area contributed by atoms with Gasteiger partial charge in [-0.15, -0.1) is 0 Å². The first-order valence-electron chi connectivity index (χ1n) is 4.51. The van der Waals surface area contributed by atoms with E-state index in [1.165, 1.54) is 11.1 Å². The molecule has 0 saturated carbocycles. The van der Waals surface area contributed by atoms with Crippen LogP contribution in [0.1, 0.15) is 30.5 Å². The van der Waals surface area contributed by atoms with Gasteiger partial charge >= 0.3 is 0 Å². The van der Waals surface area contributed by atoms with Gasteiger partial charge in [-0.3, -0.25) is 0 Å². The Labute approximate surface area is 74.8 Å². The second kappa shape index (κ2) is 4.27. The van der Waals surface area contributed by atoms with E-state index in [1.54, 1.807) is 0 Å². The van der Waals surface area contributed by atoms with Crippen molar-refractivity contribution in [3.8, 4) is 0 Å². The molecule has 0 bridgehead atoms. The van der Waals surface area contributed by atoms with E-state index in [0.29, 0.717) is 6.04 Å². The molecule has 1 aromatic carbocycles. The minimum Gasteiger partial charge on any atom is -0.313 e. The fraction of sp³-hybridized carbons (Fsp3) is 0.455. The normalized spacial score (nSPS) is 12.9. The van der Waals surface area contributed by atoms with Crippen molar-refractivity contribution in [1.82, 2.24) is 5.32 Å². The zero-order chi connectivity index (χ0) is 8.97. The number of nitrogens with one attached hydrogen (secondary N) is 1. The van der Waals surface area contributed by atoms with Crippen LogP contribution in [-0.4, -0.2) is 7.05 Å². The average molecular weight is 163 g/mol. The maximum Gasteiger partial charge on any atom is 0.0314 e. The van der Waals surface area contributed by atoms with Gasteiger partial charge in [0.05, 0.1) is 0 Å². The topological polar surface area (TPSA) is 12.0 Å². The van der Waals surface area contributed by atoms with Crippen LogP contribution < -0.4 is 5.32 Å². The van der Waals surface area contributed by atoms with Crippen LogP contribution >= 0.6 is 0 Å². The lowest BCUT2D eigenvalue weighted by atomic mass is 10.0. The Balaban J connectivity index is 2.85. The molecule has 0 spiro atoms. The van der Waals surface area contributed by atoms with Crippen molar-refractivity contribution in [2.24, 2.45) is 0 Å². The fourth-order valence-electron chi connectivity index (χ4n) is 1.49. The van der Waals surface area contributed by atoms with Crippen LogP contribution in [0.5, 0.6) is 0 Å². The third kappa shape index (κ3) is 2.08. The first-order chi connectivity index (χ1) is 5.77. The van der Waals surface area contributed by atoms with Gasteiger partial charge in [-0.2, -0.15) is 0 Å². The van der Waals surface area contributed by atoms with Gasteiger partial charge in [0.25, 0.3) is 0 Å². The van der Waals surface area contributed by atoms with E-state index < -0.39 is 0 Å². The quantitative estimate of drug-likeness (QED) is 0.722. The van der Waals surface area contributed by atoms with E-state index in [-0.39, 0.29) is 0 Å². The van der Waals surface area contributed by atoms with Gasteiger partial charge in [-0.1, -0.05) is 36.8 Å². The second-order valence-corrected chi connectivity index (χ2v) is 3.16. The summed E-state index contributed by atoms with van der Waals surface area (Å²) in [5, 5.41) is 3.30. The summed E-state index contributed by atoms with van der Waals surface area (Å²) in [6, 6.07) is 9.17. The lowest BCUT2D eigenvalue weighted by Crippen LogP contribution is -2.15. The maximum atomic E-state index is 3.30. The molecule has 66 valence electrons. The number of rotatable bonds is 3. The first-order valence-corrected chi connectivity index (χ1v) is 4.51. The molecule has 0 aromatic heterocycles. The molecule has 12 heavy (non-hydrogen) atoms. The minimum atomic E-state index is 0.505. The molecule has 0 radical (unpaired) electrons. The van der Waals surface area contributed by atoms with E-state index in [4.69, 9.17) is 0 Å². The monoisotopic (exact) mass is 163 g/mol. The maximum absolute atomic E-state index is 3.30. The van der Waals surface area contributed by atoms with Gasteiger partial charge in [0.1, 0.15) is 0 Å². The third-order valence-corrected chi connectivity index (χ3v) is 2.20. The van der Waals surface area contributed by atoms with Crippen molar-refractivity contribution in [2.45, 2.75) is 26.3 Å². The molecule has 0 saturated heterocycles. The summed E-state index contributed by atoms with van der Waals surface area (Å²) in [7, 11) is 2.01. The summed E-state index contributed by atoms with van der Waals surface area (Å²) in [4.78, 5) is 0. The summed E-state index contributed by atoms with van der Waals surface area (Å²) in [5.41, 5.74) is 2.72. The van der Waals surface area contributed by atoms with E-state index in [1.807, 2.05) is 7.05 Å². The Kier molecular flexibility index (Phi) is 3.30. The highest BCUT2D eigenvalue weighted by atomic mass is 14.9. The van der Waals surface area contributed by atoms with Gasteiger partial charge in [-0.05, 0) is 26.0 Å². The van der Waals surface area contributed by atoms with Crippen molar-refractivity contribution < 1.29 is 0 Å². The molecule has 0 aliphatic carbocycles. The Morgan fingerprint density at radius 2 is 2.17 bits per heavy atom. The van der Waals surface area contributed by atoms with Crippen molar-refractivity contribution in [3.63, 3.8) is 0 Å². The van der Waals surface area contributed by atoms with Crippen LogP contribution in [0.25, 0.3) is 0 Å².